The van der Waals surface area contributed by atoms with Gasteiger partial charge in [-0.3, -0.25) is 0 Å². The van der Waals surface area contributed by atoms with Crippen molar-refractivity contribution in [2.24, 2.45) is 0 Å². The number of hydrazine groups is 1. The van der Waals surface area contributed by atoms with E-state index in [2.05, 4.69) is 9.82 Å². The van der Waals surface area contributed by atoms with Gasteiger partial charge >= 0.3 is 0 Å². The Bertz CT molecular complexity index is 483. The number of pyridine rings is 1. The van der Waals surface area contributed by atoms with E-state index in [0.717, 1.165) is 32.4 Å². The average Bonchev–Trinajstić information content (AvgIpc) is 2.30. The Hall–Kier alpha value is -1.18. The summed E-state index contributed by atoms with van der Waals surface area (Å²) in [6.07, 6.45) is 4.62. The summed E-state index contributed by atoms with van der Waals surface area (Å²) in [7, 11) is -3.60. The van der Waals surface area contributed by atoms with Gasteiger partial charge in [-0.15, -0.1) is 4.83 Å². The van der Waals surface area contributed by atoms with E-state index < -0.39 is 10.0 Å². The molecular weight excluding hydrogens is 240 g/mol. The number of hydrogen-bond acceptors (Lipinski definition) is 5. The summed E-state index contributed by atoms with van der Waals surface area (Å²) in [5.74, 6) is 0.0250. The number of nitrogens with zero attached hydrogens (tertiary/aromatic N) is 2. The Morgan fingerprint density at radius 1 is 1.29 bits per heavy atom. The molecule has 2 rings (SSSR count). The minimum atomic E-state index is -3.60. The van der Waals surface area contributed by atoms with Crippen molar-refractivity contribution in [2.75, 3.05) is 18.8 Å². The molecule has 0 spiro atoms. The maximum absolute atomic E-state index is 12.0. The molecule has 0 saturated carbocycles. The first-order chi connectivity index (χ1) is 8.09. The van der Waals surface area contributed by atoms with Crippen LogP contribution >= 0.6 is 0 Å². The third-order valence-electron chi connectivity index (χ3n) is 2.69. The second-order valence-corrected chi connectivity index (χ2v) is 5.66. The van der Waals surface area contributed by atoms with Crippen LogP contribution in [0.3, 0.4) is 0 Å². The number of hydrogen-bond donors (Lipinski definition) is 2. The lowest BCUT2D eigenvalue weighted by Gasteiger charge is -2.26. The molecule has 17 heavy (non-hydrogen) atoms. The molecule has 7 heteroatoms. The Morgan fingerprint density at radius 3 is 2.65 bits per heavy atom. The van der Waals surface area contributed by atoms with Crippen LogP contribution in [0.4, 0.5) is 5.82 Å². The fourth-order valence-corrected chi connectivity index (χ4v) is 3.04. The molecule has 0 atom stereocenters. The molecule has 3 N–H and O–H groups in total. The van der Waals surface area contributed by atoms with Crippen molar-refractivity contribution in [3.8, 4) is 0 Å². The Kier molecular flexibility index (Phi) is 3.60. The predicted octanol–water partition coefficient (Wildman–Crippen LogP) is 0.343. The summed E-state index contributed by atoms with van der Waals surface area (Å²) < 4.78 is 24.1. The van der Waals surface area contributed by atoms with Gasteiger partial charge in [0.2, 0.25) is 0 Å². The van der Waals surface area contributed by atoms with Gasteiger partial charge in [0.15, 0.2) is 0 Å². The summed E-state index contributed by atoms with van der Waals surface area (Å²) >= 11 is 0. The van der Waals surface area contributed by atoms with E-state index in [1.165, 1.54) is 12.3 Å². The van der Waals surface area contributed by atoms with Gasteiger partial charge in [0, 0.05) is 19.3 Å². The Morgan fingerprint density at radius 2 is 2.00 bits per heavy atom. The number of sulfonamides is 1. The molecule has 0 amide bonds. The van der Waals surface area contributed by atoms with Gasteiger partial charge in [-0.25, -0.2) is 18.4 Å². The zero-order chi connectivity index (χ0) is 12.3. The Labute approximate surface area is 101 Å². The highest BCUT2D eigenvalue weighted by atomic mass is 32.2. The normalized spacial score (nSPS) is 18.1. The lowest BCUT2D eigenvalue weighted by atomic mass is 10.2. The number of nitrogens with two attached hydrogens (primary N) is 1. The van der Waals surface area contributed by atoms with Crippen LogP contribution < -0.4 is 10.6 Å². The fourth-order valence-electron chi connectivity index (χ4n) is 1.83. The van der Waals surface area contributed by atoms with Gasteiger partial charge in [-0.2, -0.15) is 0 Å². The minimum Gasteiger partial charge on any atom is -0.383 e. The Balaban J connectivity index is 2.16. The van der Waals surface area contributed by atoms with Crippen LogP contribution in [-0.4, -0.2) is 31.5 Å². The van der Waals surface area contributed by atoms with Gasteiger partial charge in [-0.05, 0) is 25.0 Å². The highest BCUT2D eigenvalue weighted by molar-refractivity contribution is 7.89. The van der Waals surface area contributed by atoms with Crippen LogP contribution in [0.25, 0.3) is 0 Å². The first kappa shape index (κ1) is 12.3. The summed E-state index contributed by atoms with van der Waals surface area (Å²) in [5.41, 5.74) is 5.56. The predicted molar refractivity (Wildman–Crippen MR) is 64.4 cm³/mol. The standard InChI is InChI=1S/C10H16N4O2S/c11-10-9(5-4-6-12-10)17(15,16)13-14-7-2-1-3-8-14/h4-6,13H,1-3,7-8H2,(H2,11,12). The van der Waals surface area contributed by atoms with Gasteiger partial charge in [0.25, 0.3) is 10.0 Å². The van der Waals surface area contributed by atoms with Crippen LogP contribution in [0.5, 0.6) is 0 Å². The lowest BCUT2D eigenvalue weighted by Crippen LogP contribution is -2.45. The van der Waals surface area contributed by atoms with Crippen molar-refractivity contribution < 1.29 is 8.42 Å². The first-order valence-corrected chi connectivity index (χ1v) is 7.06. The summed E-state index contributed by atoms with van der Waals surface area (Å²) in [4.78, 5) is 6.35. The molecule has 0 bridgehead atoms. The zero-order valence-electron chi connectivity index (χ0n) is 9.46. The number of piperidine rings is 1. The first-order valence-electron chi connectivity index (χ1n) is 5.57. The fraction of sp³-hybridized carbons (Fsp3) is 0.500. The molecular formula is C10H16N4O2S. The number of nitrogens with one attached hydrogen (secondary N) is 1. The van der Waals surface area contributed by atoms with Crippen molar-refractivity contribution in [2.45, 2.75) is 24.2 Å². The van der Waals surface area contributed by atoms with Gasteiger partial charge in [0.1, 0.15) is 10.7 Å². The number of rotatable bonds is 3. The van der Waals surface area contributed by atoms with Crippen molar-refractivity contribution >= 4 is 15.8 Å². The molecule has 1 saturated heterocycles. The molecule has 1 aliphatic heterocycles. The molecule has 94 valence electrons. The maximum atomic E-state index is 12.0. The van der Waals surface area contributed by atoms with Crippen molar-refractivity contribution in [3.05, 3.63) is 18.3 Å². The summed E-state index contributed by atoms with van der Waals surface area (Å²) in [6, 6.07) is 3.01. The van der Waals surface area contributed by atoms with Crippen molar-refractivity contribution in [1.82, 2.24) is 14.8 Å². The van der Waals surface area contributed by atoms with E-state index in [1.54, 1.807) is 11.1 Å². The second kappa shape index (κ2) is 4.99. The average molecular weight is 256 g/mol. The molecule has 1 aliphatic rings. The minimum absolute atomic E-state index is 0.0250. The quantitative estimate of drug-likeness (QED) is 0.814. The SMILES string of the molecule is Nc1ncccc1S(=O)(=O)NN1CCCCC1. The van der Waals surface area contributed by atoms with E-state index in [1.807, 2.05) is 0 Å². The lowest BCUT2D eigenvalue weighted by molar-refractivity contribution is 0.200. The third-order valence-corrected chi connectivity index (χ3v) is 4.12. The van der Waals surface area contributed by atoms with Crippen molar-refractivity contribution in [3.63, 3.8) is 0 Å². The van der Waals surface area contributed by atoms with Crippen LogP contribution in [0.2, 0.25) is 0 Å². The smallest absolute Gasteiger partial charge is 0.257 e. The molecule has 6 nitrogen and oxygen atoms in total. The molecule has 1 aromatic rings. The largest absolute Gasteiger partial charge is 0.383 e. The molecule has 2 heterocycles. The molecule has 0 aromatic carbocycles. The van der Waals surface area contributed by atoms with E-state index in [4.69, 9.17) is 5.73 Å². The van der Waals surface area contributed by atoms with E-state index in [9.17, 15) is 8.42 Å². The highest BCUT2D eigenvalue weighted by Gasteiger charge is 2.22. The number of nitrogen functional groups attached to an aromatic ring is 1. The monoisotopic (exact) mass is 256 g/mol. The number of aromatic nitrogens is 1. The summed E-state index contributed by atoms with van der Waals surface area (Å²) in [5, 5.41) is 1.71. The topological polar surface area (TPSA) is 88.3 Å². The molecule has 1 fully saturated rings. The van der Waals surface area contributed by atoms with Crippen molar-refractivity contribution in [1.29, 1.82) is 0 Å². The zero-order valence-corrected chi connectivity index (χ0v) is 10.3. The molecule has 0 aliphatic carbocycles. The molecule has 1 aromatic heterocycles. The van der Waals surface area contributed by atoms with Gasteiger partial charge in [0.05, 0.1) is 0 Å². The second-order valence-electron chi connectivity index (χ2n) is 4.03. The van der Waals surface area contributed by atoms with Crippen LogP contribution in [-0.2, 0) is 10.0 Å². The van der Waals surface area contributed by atoms with Gasteiger partial charge in [-0.1, -0.05) is 6.42 Å². The maximum Gasteiger partial charge on any atom is 0.257 e. The third kappa shape index (κ3) is 2.93. The number of anilines is 1. The van der Waals surface area contributed by atoms with Gasteiger partial charge < -0.3 is 5.73 Å². The van der Waals surface area contributed by atoms with E-state index >= 15 is 0 Å². The molecule has 0 radical (unpaired) electrons. The highest BCUT2D eigenvalue weighted by Crippen LogP contribution is 2.15. The van der Waals surface area contributed by atoms with E-state index in [-0.39, 0.29) is 10.7 Å². The van der Waals surface area contributed by atoms with Crippen LogP contribution in [0.15, 0.2) is 23.2 Å². The summed E-state index contributed by atoms with van der Waals surface area (Å²) in [6.45, 7) is 1.47. The van der Waals surface area contributed by atoms with Crippen LogP contribution in [0, 0.1) is 0 Å². The van der Waals surface area contributed by atoms with E-state index in [0.29, 0.717) is 0 Å². The van der Waals surface area contributed by atoms with Crippen LogP contribution in [0.1, 0.15) is 19.3 Å². The molecule has 0 unspecified atom stereocenters.